The van der Waals surface area contributed by atoms with Gasteiger partial charge in [0.25, 0.3) is 0 Å². The Hall–Kier alpha value is -1.63. The maximum Gasteiger partial charge on any atom is 0.321 e. The molecule has 6 heteroatoms. The second kappa shape index (κ2) is 9.01. The van der Waals surface area contributed by atoms with E-state index in [1.165, 1.54) is 10.5 Å². The summed E-state index contributed by atoms with van der Waals surface area (Å²) < 4.78 is 0. The van der Waals surface area contributed by atoms with E-state index in [1.807, 2.05) is 24.3 Å². The van der Waals surface area contributed by atoms with Gasteiger partial charge >= 0.3 is 6.03 Å². The zero-order valence-electron chi connectivity index (χ0n) is 15.0. The fourth-order valence-electron chi connectivity index (χ4n) is 2.83. The number of likely N-dealkylation sites (N-methyl/N-ethyl adjacent to an activating group) is 2. The van der Waals surface area contributed by atoms with Gasteiger partial charge in [-0.2, -0.15) is 0 Å². The lowest BCUT2D eigenvalue weighted by Gasteiger charge is -2.34. The predicted octanol–water partition coefficient (Wildman–Crippen LogP) is 1.32. The highest BCUT2D eigenvalue weighted by Crippen LogP contribution is 2.11. The Morgan fingerprint density at radius 1 is 1.25 bits per heavy atom. The molecule has 0 saturated carbocycles. The van der Waals surface area contributed by atoms with Crippen LogP contribution in [-0.2, 0) is 6.42 Å². The van der Waals surface area contributed by atoms with E-state index >= 15 is 0 Å². The Morgan fingerprint density at radius 3 is 2.46 bits per heavy atom. The standard InChI is InChI=1S/C18H30N4O2/c1-4-15-5-7-16(8-6-15)19-18(24)21(3)13-17(23)14-22-11-9-20(2)10-12-22/h5-8,17,23H,4,9-14H2,1-3H3,(H,19,24). The molecule has 1 heterocycles. The molecule has 0 radical (unpaired) electrons. The van der Waals surface area contributed by atoms with Crippen LogP contribution >= 0.6 is 0 Å². The van der Waals surface area contributed by atoms with Crippen molar-refractivity contribution in [1.82, 2.24) is 14.7 Å². The minimum Gasteiger partial charge on any atom is -0.390 e. The number of nitrogens with zero attached hydrogens (tertiary/aromatic N) is 3. The van der Waals surface area contributed by atoms with Crippen LogP contribution in [0, 0.1) is 0 Å². The van der Waals surface area contributed by atoms with Crippen LogP contribution in [0.15, 0.2) is 24.3 Å². The summed E-state index contributed by atoms with van der Waals surface area (Å²) in [5, 5.41) is 13.1. The molecule has 0 spiro atoms. The highest BCUT2D eigenvalue weighted by molar-refractivity contribution is 5.89. The molecule has 2 amide bonds. The number of aliphatic hydroxyl groups is 1. The van der Waals surface area contributed by atoms with Crippen molar-refractivity contribution in [2.24, 2.45) is 0 Å². The Kier molecular flexibility index (Phi) is 7.02. The lowest BCUT2D eigenvalue weighted by atomic mass is 10.1. The molecule has 6 nitrogen and oxygen atoms in total. The number of aryl methyl sites for hydroxylation is 1. The molecule has 134 valence electrons. The molecule has 2 N–H and O–H groups in total. The molecule has 1 aromatic carbocycles. The van der Waals surface area contributed by atoms with E-state index in [1.54, 1.807) is 7.05 Å². The summed E-state index contributed by atoms with van der Waals surface area (Å²) in [6, 6.07) is 7.64. The molecule has 1 saturated heterocycles. The van der Waals surface area contributed by atoms with Crippen molar-refractivity contribution in [3.8, 4) is 0 Å². The number of hydrogen-bond acceptors (Lipinski definition) is 4. The van der Waals surface area contributed by atoms with Gasteiger partial charge in [-0.15, -0.1) is 0 Å². The van der Waals surface area contributed by atoms with Crippen molar-refractivity contribution in [3.05, 3.63) is 29.8 Å². The van der Waals surface area contributed by atoms with Crippen LogP contribution in [0.4, 0.5) is 10.5 Å². The smallest absolute Gasteiger partial charge is 0.321 e. The van der Waals surface area contributed by atoms with Gasteiger partial charge in [0, 0.05) is 52.0 Å². The zero-order valence-corrected chi connectivity index (χ0v) is 15.0. The number of amides is 2. The molecule has 24 heavy (non-hydrogen) atoms. The van der Waals surface area contributed by atoms with Crippen LogP contribution in [-0.4, -0.2) is 85.3 Å². The van der Waals surface area contributed by atoms with Crippen molar-refractivity contribution in [2.75, 3.05) is 58.7 Å². The van der Waals surface area contributed by atoms with Gasteiger partial charge in [0.05, 0.1) is 6.10 Å². The summed E-state index contributed by atoms with van der Waals surface area (Å²) in [6.45, 7) is 7.01. The third kappa shape index (κ3) is 5.78. The van der Waals surface area contributed by atoms with Crippen LogP contribution in [0.25, 0.3) is 0 Å². The van der Waals surface area contributed by atoms with Crippen LogP contribution in [0.2, 0.25) is 0 Å². The first-order valence-corrected chi connectivity index (χ1v) is 8.68. The lowest BCUT2D eigenvalue weighted by molar-refractivity contribution is 0.0670. The van der Waals surface area contributed by atoms with Crippen LogP contribution in [0.3, 0.4) is 0 Å². The average molecular weight is 334 g/mol. The first-order chi connectivity index (χ1) is 11.5. The minimum absolute atomic E-state index is 0.198. The quantitative estimate of drug-likeness (QED) is 0.824. The Morgan fingerprint density at radius 2 is 1.88 bits per heavy atom. The summed E-state index contributed by atoms with van der Waals surface area (Å²) in [5.41, 5.74) is 2.02. The molecule has 0 aliphatic carbocycles. The molecule has 1 aromatic rings. The van der Waals surface area contributed by atoms with Gasteiger partial charge < -0.3 is 20.2 Å². The molecular weight excluding hydrogens is 304 g/mol. The van der Waals surface area contributed by atoms with Gasteiger partial charge in [-0.25, -0.2) is 4.79 Å². The normalized spacial score (nSPS) is 17.5. The van der Waals surface area contributed by atoms with Crippen molar-refractivity contribution in [2.45, 2.75) is 19.4 Å². The van der Waals surface area contributed by atoms with Gasteiger partial charge in [-0.1, -0.05) is 19.1 Å². The Bertz CT molecular complexity index is 512. The molecule has 0 aromatic heterocycles. The van der Waals surface area contributed by atoms with Crippen LogP contribution in [0.1, 0.15) is 12.5 Å². The summed E-state index contributed by atoms with van der Waals surface area (Å²) in [4.78, 5) is 18.3. The maximum atomic E-state index is 12.2. The second-order valence-corrected chi connectivity index (χ2v) is 6.62. The molecule has 1 aliphatic heterocycles. The number of carbonyl (C=O) groups excluding carboxylic acids is 1. The third-order valence-corrected chi connectivity index (χ3v) is 4.51. The molecule has 1 fully saturated rings. The molecule has 1 aliphatic rings. The van der Waals surface area contributed by atoms with E-state index < -0.39 is 6.10 Å². The van der Waals surface area contributed by atoms with E-state index in [2.05, 4.69) is 29.1 Å². The summed E-state index contributed by atoms with van der Waals surface area (Å²) >= 11 is 0. The SMILES string of the molecule is CCc1ccc(NC(=O)N(C)CC(O)CN2CCN(C)CC2)cc1. The average Bonchev–Trinajstić information content (AvgIpc) is 2.57. The van der Waals surface area contributed by atoms with Gasteiger partial charge in [0.1, 0.15) is 0 Å². The molecular formula is C18H30N4O2. The summed E-state index contributed by atoms with van der Waals surface area (Å²) in [7, 11) is 3.82. The lowest BCUT2D eigenvalue weighted by Crippen LogP contribution is -2.49. The maximum absolute atomic E-state index is 12.2. The number of carbonyl (C=O) groups is 1. The van der Waals surface area contributed by atoms with Gasteiger partial charge in [0.15, 0.2) is 0 Å². The van der Waals surface area contributed by atoms with Crippen molar-refractivity contribution in [1.29, 1.82) is 0 Å². The molecule has 1 unspecified atom stereocenters. The molecule has 1 atom stereocenters. The second-order valence-electron chi connectivity index (χ2n) is 6.62. The largest absolute Gasteiger partial charge is 0.390 e. The van der Waals surface area contributed by atoms with Crippen molar-refractivity contribution < 1.29 is 9.90 Å². The topological polar surface area (TPSA) is 59.1 Å². The fourth-order valence-corrected chi connectivity index (χ4v) is 2.83. The van der Waals surface area contributed by atoms with E-state index in [0.717, 1.165) is 38.3 Å². The van der Waals surface area contributed by atoms with E-state index in [-0.39, 0.29) is 6.03 Å². The number of rotatable bonds is 6. The van der Waals surface area contributed by atoms with E-state index in [0.29, 0.717) is 13.1 Å². The highest BCUT2D eigenvalue weighted by atomic mass is 16.3. The fraction of sp³-hybridized carbons (Fsp3) is 0.611. The number of anilines is 1. The predicted molar refractivity (Wildman–Crippen MR) is 97.4 cm³/mol. The Labute approximate surface area is 145 Å². The third-order valence-electron chi connectivity index (χ3n) is 4.51. The number of benzene rings is 1. The molecule has 2 rings (SSSR count). The van der Waals surface area contributed by atoms with E-state index in [9.17, 15) is 9.90 Å². The summed E-state index contributed by atoms with van der Waals surface area (Å²) in [5.74, 6) is 0. The van der Waals surface area contributed by atoms with Crippen molar-refractivity contribution >= 4 is 11.7 Å². The van der Waals surface area contributed by atoms with Gasteiger partial charge in [-0.3, -0.25) is 4.90 Å². The number of β-amino-alcohol motifs (C(OH)–C–C–N with tert-alkyl or cyclic N) is 1. The number of nitrogens with one attached hydrogen (secondary N) is 1. The number of urea groups is 1. The van der Waals surface area contributed by atoms with Crippen LogP contribution < -0.4 is 5.32 Å². The van der Waals surface area contributed by atoms with Gasteiger partial charge in [0.2, 0.25) is 0 Å². The minimum atomic E-state index is -0.536. The number of aliphatic hydroxyl groups excluding tert-OH is 1. The van der Waals surface area contributed by atoms with E-state index in [4.69, 9.17) is 0 Å². The van der Waals surface area contributed by atoms with Crippen molar-refractivity contribution in [3.63, 3.8) is 0 Å². The highest BCUT2D eigenvalue weighted by Gasteiger charge is 2.19. The zero-order chi connectivity index (χ0) is 17.5. The monoisotopic (exact) mass is 334 g/mol. The van der Waals surface area contributed by atoms with Crippen LogP contribution in [0.5, 0.6) is 0 Å². The first kappa shape index (κ1) is 18.7. The number of hydrogen-bond donors (Lipinski definition) is 2. The number of piperazine rings is 1. The van der Waals surface area contributed by atoms with Gasteiger partial charge in [-0.05, 0) is 31.2 Å². The first-order valence-electron chi connectivity index (χ1n) is 8.68. The Balaban J connectivity index is 1.75. The molecule has 0 bridgehead atoms. The summed E-state index contributed by atoms with van der Waals surface area (Å²) in [6.07, 6.45) is 0.443.